The van der Waals surface area contributed by atoms with E-state index in [1.54, 1.807) is 7.11 Å². The second kappa shape index (κ2) is 7.14. The van der Waals surface area contributed by atoms with Crippen molar-refractivity contribution >= 4 is 5.84 Å². The van der Waals surface area contributed by atoms with Crippen LogP contribution in [0.2, 0.25) is 0 Å². The molecule has 0 radical (unpaired) electrons. The number of ether oxygens (including phenoxy) is 1. The summed E-state index contributed by atoms with van der Waals surface area (Å²) in [4.78, 5) is 2.43. The van der Waals surface area contributed by atoms with Crippen molar-refractivity contribution in [3.05, 3.63) is 29.8 Å². The Morgan fingerprint density at radius 2 is 2.05 bits per heavy atom. The van der Waals surface area contributed by atoms with Gasteiger partial charge in [-0.05, 0) is 37.0 Å². The van der Waals surface area contributed by atoms with Crippen molar-refractivity contribution < 1.29 is 9.94 Å². The second-order valence-corrected chi connectivity index (χ2v) is 5.21. The third-order valence-corrected chi connectivity index (χ3v) is 3.69. The maximum atomic E-state index is 8.59. The van der Waals surface area contributed by atoms with Gasteiger partial charge in [0.1, 0.15) is 11.6 Å². The van der Waals surface area contributed by atoms with Gasteiger partial charge in [-0.25, -0.2) is 0 Å². The van der Waals surface area contributed by atoms with Crippen molar-refractivity contribution in [1.29, 1.82) is 0 Å². The van der Waals surface area contributed by atoms with Gasteiger partial charge in [0.05, 0.1) is 7.11 Å². The Morgan fingerprint density at radius 1 is 1.35 bits per heavy atom. The smallest absolute Gasteiger partial charge is 0.140 e. The maximum absolute atomic E-state index is 8.59. The first-order chi connectivity index (χ1) is 9.72. The molecule has 0 saturated heterocycles. The predicted molar refractivity (Wildman–Crippen MR) is 79.3 cm³/mol. The van der Waals surface area contributed by atoms with Gasteiger partial charge < -0.3 is 15.7 Å². The zero-order valence-electron chi connectivity index (χ0n) is 12.0. The van der Waals surface area contributed by atoms with Gasteiger partial charge in [0.2, 0.25) is 0 Å². The minimum absolute atomic E-state index is 0.306. The zero-order chi connectivity index (χ0) is 14.4. The predicted octanol–water partition coefficient (Wildman–Crippen LogP) is 1.84. The molecule has 0 bridgehead atoms. The standard InChI is InChI=1S/C15H23N3O2/c1-20-14-6-2-12(3-7-14)8-10-18(13-4-5-13)11-9-15(16)17-19/h2-3,6-7,13,19H,4-5,8-11H2,1H3,(H2,16,17). The Morgan fingerprint density at radius 3 is 2.60 bits per heavy atom. The Labute approximate surface area is 120 Å². The Kier molecular flexibility index (Phi) is 5.24. The van der Waals surface area contributed by atoms with Gasteiger partial charge in [-0.1, -0.05) is 17.3 Å². The lowest BCUT2D eigenvalue weighted by atomic mass is 10.1. The summed E-state index contributed by atoms with van der Waals surface area (Å²) >= 11 is 0. The van der Waals surface area contributed by atoms with Gasteiger partial charge >= 0.3 is 0 Å². The van der Waals surface area contributed by atoms with Crippen LogP contribution in [0.15, 0.2) is 29.4 Å². The SMILES string of the molecule is COc1ccc(CCN(CCC(N)=NO)C2CC2)cc1. The molecule has 1 aliphatic carbocycles. The van der Waals surface area contributed by atoms with Crippen LogP contribution in [0.5, 0.6) is 5.75 Å². The Bertz CT molecular complexity index is 441. The molecule has 0 spiro atoms. The minimum atomic E-state index is 0.306. The largest absolute Gasteiger partial charge is 0.497 e. The third kappa shape index (κ3) is 4.42. The zero-order valence-corrected chi connectivity index (χ0v) is 12.0. The first-order valence-electron chi connectivity index (χ1n) is 7.06. The number of nitrogens with two attached hydrogens (primary N) is 1. The molecule has 1 fully saturated rings. The number of amidine groups is 1. The van der Waals surface area contributed by atoms with Crippen LogP contribution in [0, 0.1) is 0 Å². The van der Waals surface area contributed by atoms with E-state index in [4.69, 9.17) is 15.7 Å². The van der Waals surface area contributed by atoms with E-state index in [1.165, 1.54) is 18.4 Å². The van der Waals surface area contributed by atoms with E-state index >= 15 is 0 Å². The monoisotopic (exact) mass is 277 g/mol. The van der Waals surface area contributed by atoms with Crippen LogP contribution in [0.3, 0.4) is 0 Å². The van der Waals surface area contributed by atoms with Crippen LogP contribution in [-0.2, 0) is 6.42 Å². The summed E-state index contributed by atoms with van der Waals surface area (Å²) < 4.78 is 5.16. The van der Waals surface area contributed by atoms with Gasteiger partial charge in [0, 0.05) is 25.6 Å². The molecule has 5 heteroatoms. The van der Waals surface area contributed by atoms with E-state index in [9.17, 15) is 0 Å². The topological polar surface area (TPSA) is 71.1 Å². The number of hydrogen-bond acceptors (Lipinski definition) is 4. The average molecular weight is 277 g/mol. The van der Waals surface area contributed by atoms with Crippen LogP contribution in [0.4, 0.5) is 0 Å². The van der Waals surface area contributed by atoms with Crippen LogP contribution in [-0.4, -0.2) is 42.2 Å². The summed E-state index contributed by atoms with van der Waals surface area (Å²) in [6.45, 7) is 1.87. The summed E-state index contributed by atoms with van der Waals surface area (Å²) in [7, 11) is 1.68. The van der Waals surface area contributed by atoms with Gasteiger partial charge in [-0.3, -0.25) is 4.90 Å². The van der Waals surface area contributed by atoms with E-state index < -0.39 is 0 Å². The van der Waals surface area contributed by atoms with E-state index in [1.807, 2.05) is 12.1 Å². The lowest BCUT2D eigenvalue weighted by Gasteiger charge is -2.21. The normalized spacial score (nSPS) is 15.6. The highest BCUT2D eigenvalue weighted by Crippen LogP contribution is 2.27. The van der Waals surface area contributed by atoms with Gasteiger partial charge in [-0.2, -0.15) is 0 Å². The summed E-state index contributed by atoms with van der Waals surface area (Å²) in [5.41, 5.74) is 6.85. The van der Waals surface area contributed by atoms with Crippen molar-refractivity contribution in [2.45, 2.75) is 31.7 Å². The molecule has 3 N–H and O–H groups in total. The number of benzene rings is 1. The minimum Gasteiger partial charge on any atom is -0.497 e. The van der Waals surface area contributed by atoms with E-state index in [-0.39, 0.29) is 0 Å². The number of nitrogens with zero attached hydrogens (tertiary/aromatic N) is 2. The molecule has 0 heterocycles. The van der Waals surface area contributed by atoms with Crippen LogP contribution in [0.1, 0.15) is 24.8 Å². The molecule has 0 unspecified atom stereocenters. The molecule has 0 aliphatic heterocycles. The molecule has 5 nitrogen and oxygen atoms in total. The fraction of sp³-hybridized carbons (Fsp3) is 0.533. The first-order valence-corrected chi connectivity index (χ1v) is 7.06. The van der Waals surface area contributed by atoms with E-state index in [0.29, 0.717) is 18.3 Å². The highest BCUT2D eigenvalue weighted by atomic mass is 16.5. The number of oxime groups is 1. The quantitative estimate of drug-likeness (QED) is 0.329. The average Bonchev–Trinajstić information content (AvgIpc) is 3.32. The lowest BCUT2D eigenvalue weighted by Crippen LogP contribution is -2.32. The Hall–Kier alpha value is -1.75. The highest BCUT2D eigenvalue weighted by molar-refractivity contribution is 5.79. The fourth-order valence-electron chi connectivity index (χ4n) is 2.29. The molecular formula is C15H23N3O2. The molecule has 1 aromatic rings. The number of hydrogen-bond donors (Lipinski definition) is 2. The third-order valence-electron chi connectivity index (χ3n) is 3.69. The summed E-state index contributed by atoms with van der Waals surface area (Å²) in [5.74, 6) is 1.19. The van der Waals surface area contributed by atoms with Crippen molar-refractivity contribution in [3.8, 4) is 5.75 Å². The van der Waals surface area contributed by atoms with Crippen LogP contribution >= 0.6 is 0 Å². The molecule has 20 heavy (non-hydrogen) atoms. The van der Waals surface area contributed by atoms with E-state index in [0.717, 1.165) is 25.3 Å². The summed E-state index contributed by atoms with van der Waals surface area (Å²) in [5, 5.41) is 11.6. The molecule has 0 amide bonds. The molecule has 0 aromatic heterocycles. The molecule has 0 atom stereocenters. The molecular weight excluding hydrogens is 254 g/mol. The van der Waals surface area contributed by atoms with Crippen molar-refractivity contribution in [1.82, 2.24) is 4.90 Å². The lowest BCUT2D eigenvalue weighted by molar-refractivity contribution is 0.271. The van der Waals surface area contributed by atoms with Crippen molar-refractivity contribution in [2.75, 3.05) is 20.2 Å². The molecule has 1 aliphatic rings. The first kappa shape index (κ1) is 14.7. The molecule has 1 saturated carbocycles. The van der Waals surface area contributed by atoms with Crippen LogP contribution < -0.4 is 10.5 Å². The van der Waals surface area contributed by atoms with Gasteiger partial charge in [-0.15, -0.1) is 0 Å². The summed E-state index contributed by atoms with van der Waals surface area (Å²) in [6, 6.07) is 8.88. The Balaban J connectivity index is 1.82. The van der Waals surface area contributed by atoms with Crippen LogP contribution in [0.25, 0.3) is 0 Å². The van der Waals surface area contributed by atoms with Gasteiger partial charge in [0.15, 0.2) is 0 Å². The highest BCUT2D eigenvalue weighted by Gasteiger charge is 2.28. The van der Waals surface area contributed by atoms with Crippen molar-refractivity contribution in [3.63, 3.8) is 0 Å². The summed E-state index contributed by atoms with van der Waals surface area (Å²) in [6.07, 6.45) is 4.16. The van der Waals surface area contributed by atoms with Gasteiger partial charge in [0.25, 0.3) is 0 Å². The number of rotatable bonds is 8. The molecule has 2 rings (SSSR count). The molecule has 1 aromatic carbocycles. The number of methoxy groups -OCH3 is 1. The fourth-order valence-corrected chi connectivity index (χ4v) is 2.29. The maximum Gasteiger partial charge on any atom is 0.140 e. The van der Waals surface area contributed by atoms with E-state index in [2.05, 4.69) is 22.2 Å². The van der Waals surface area contributed by atoms with Crippen molar-refractivity contribution in [2.24, 2.45) is 10.9 Å². The second-order valence-electron chi connectivity index (χ2n) is 5.21. The molecule has 110 valence electrons.